The number of ketones is 1. The Morgan fingerprint density at radius 3 is 2.69 bits per heavy atom. The molecule has 0 bridgehead atoms. The molecule has 16 heavy (non-hydrogen) atoms. The predicted molar refractivity (Wildman–Crippen MR) is 59.6 cm³/mol. The Morgan fingerprint density at radius 1 is 1.31 bits per heavy atom. The number of ether oxygens (including phenoxy) is 1. The third kappa shape index (κ3) is 1.58. The molecule has 2 rings (SSSR count). The zero-order valence-corrected chi connectivity index (χ0v) is 9.03. The van der Waals surface area contributed by atoms with Gasteiger partial charge in [-0.25, -0.2) is 4.79 Å². The van der Waals surface area contributed by atoms with Crippen LogP contribution in [0.5, 0.6) is 0 Å². The third-order valence-corrected chi connectivity index (χ3v) is 2.49. The Balaban J connectivity index is 2.59. The molecular weight excluding hydrogens is 206 g/mol. The number of nitrogens with one attached hydrogen (secondary N) is 1. The van der Waals surface area contributed by atoms with Crippen molar-refractivity contribution in [2.75, 3.05) is 7.11 Å². The number of aromatic amines is 1. The highest BCUT2D eigenvalue weighted by Gasteiger charge is 2.12. The molecule has 0 spiro atoms. The summed E-state index contributed by atoms with van der Waals surface area (Å²) in [7, 11) is 1.34. The number of fused-ring (bicyclic) bond motifs is 1. The molecule has 4 nitrogen and oxygen atoms in total. The maximum absolute atomic E-state index is 11.4. The molecule has 2 aromatic rings. The van der Waals surface area contributed by atoms with E-state index in [0.29, 0.717) is 11.1 Å². The summed E-state index contributed by atoms with van der Waals surface area (Å²) in [5, 5.41) is 0.761. The molecule has 0 amide bonds. The number of H-pyrrole nitrogens is 1. The van der Waals surface area contributed by atoms with Crippen LogP contribution in [0, 0.1) is 0 Å². The van der Waals surface area contributed by atoms with Crippen LogP contribution in [0.4, 0.5) is 0 Å². The van der Waals surface area contributed by atoms with E-state index >= 15 is 0 Å². The lowest BCUT2D eigenvalue weighted by atomic mass is 10.1. The molecule has 4 heteroatoms. The number of rotatable bonds is 2. The first-order valence-corrected chi connectivity index (χ1v) is 4.84. The van der Waals surface area contributed by atoms with E-state index in [9.17, 15) is 9.59 Å². The number of Topliss-reactive ketones (excluding diaryl/α,β-unsaturated/α-hetero) is 1. The lowest BCUT2D eigenvalue weighted by Crippen LogP contribution is -1.99. The molecule has 1 aromatic heterocycles. The summed E-state index contributed by atoms with van der Waals surface area (Å²) in [5.74, 6) is -0.391. The average molecular weight is 217 g/mol. The molecule has 1 aromatic carbocycles. The maximum atomic E-state index is 11.4. The summed E-state index contributed by atoms with van der Waals surface area (Å²) in [6.07, 6.45) is 1.58. The van der Waals surface area contributed by atoms with Crippen LogP contribution in [-0.4, -0.2) is 23.8 Å². The summed E-state index contributed by atoms with van der Waals surface area (Å²) in [6, 6.07) is 5.17. The number of hydrogen-bond acceptors (Lipinski definition) is 3. The van der Waals surface area contributed by atoms with Gasteiger partial charge < -0.3 is 9.72 Å². The molecule has 0 saturated carbocycles. The average Bonchev–Trinajstić information content (AvgIpc) is 2.70. The smallest absolute Gasteiger partial charge is 0.340 e. The van der Waals surface area contributed by atoms with Gasteiger partial charge in [0.2, 0.25) is 0 Å². The third-order valence-electron chi connectivity index (χ3n) is 2.49. The van der Waals surface area contributed by atoms with Crippen molar-refractivity contribution in [3.05, 3.63) is 35.5 Å². The van der Waals surface area contributed by atoms with Crippen molar-refractivity contribution in [2.45, 2.75) is 6.92 Å². The number of esters is 1. The predicted octanol–water partition coefficient (Wildman–Crippen LogP) is 2.16. The van der Waals surface area contributed by atoms with Crippen LogP contribution in [0.1, 0.15) is 27.6 Å². The van der Waals surface area contributed by atoms with Gasteiger partial charge in [-0.1, -0.05) is 12.1 Å². The van der Waals surface area contributed by atoms with Gasteiger partial charge >= 0.3 is 5.97 Å². The number of carbonyl (C=O) groups is 2. The van der Waals surface area contributed by atoms with Crippen molar-refractivity contribution >= 4 is 22.7 Å². The Morgan fingerprint density at radius 2 is 2.06 bits per heavy atom. The molecule has 0 aliphatic heterocycles. The van der Waals surface area contributed by atoms with Crippen LogP contribution in [0.2, 0.25) is 0 Å². The monoisotopic (exact) mass is 217 g/mol. The molecule has 0 radical (unpaired) electrons. The van der Waals surface area contributed by atoms with Gasteiger partial charge in [-0.2, -0.15) is 0 Å². The van der Waals surface area contributed by atoms with Crippen LogP contribution in [0.3, 0.4) is 0 Å². The van der Waals surface area contributed by atoms with Gasteiger partial charge in [0.15, 0.2) is 5.78 Å². The minimum atomic E-state index is -0.387. The highest BCUT2D eigenvalue weighted by molar-refractivity contribution is 6.06. The molecule has 0 unspecified atom stereocenters. The Hall–Kier alpha value is -2.10. The first kappa shape index (κ1) is 10.4. The van der Waals surface area contributed by atoms with E-state index in [-0.39, 0.29) is 11.8 Å². The second kappa shape index (κ2) is 3.81. The zero-order chi connectivity index (χ0) is 11.7. The van der Waals surface area contributed by atoms with Crippen LogP contribution in [0.15, 0.2) is 24.4 Å². The first-order chi connectivity index (χ1) is 7.63. The first-order valence-electron chi connectivity index (χ1n) is 4.84. The van der Waals surface area contributed by atoms with Crippen molar-refractivity contribution in [1.29, 1.82) is 0 Å². The summed E-state index contributed by atoms with van der Waals surface area (Å²) >= 11 is 0. The molecule has 0 aliphatic carbocycles. The summed E-state index contributed by atoms with van der Waals surface area (Å²) in [4.78, 5) is 25.5. The van der Waals surface area contributed by atoms with Gasteiger partial charge in [0.05, 0.1) is 12.7 Å². The number of hydrogen-bond donors (Lipinski definition) is 1. The fourth-order valence-corrected chi connectivity index (χ4v) is 1.62. The van der Waals surface area contributed by atoms with Crippen molar-refractivity contribution < 1.29 is 14.3 Å². The molecule has 1 heterocycles. The van der Waals surface area contributed by atoms with Crippen LogP contribution in [-0.2, 0) is 4.74 Å². The van der Waals surface area contributed by atoms with Gasteiger partial charge in [0, 0.05) is 22.7 Å². The van der Waals surface area contributed by atoms with Crippen LogP contribution < -0.4 is 0 Å². The zero-order valence-electron chi connectivity index (χ0n) is 9.03. The van der Waals surface area contributed by atoms with Crippen molar-refractivity contribution in [2.24, 2.45) is 0 Å². The fourth-order valence-electron chi connectivity index (χ4n) is 1.62. The van der Waals surface area contributed by atoms with Gasteiger partial charge in [0.1, 0.15) is 0 Å². The van der Waals surface area contributed by atoms with Crippen molar-refractivity contribution in [1.82, 2.24) is 4.98 Å². The molecule has 0 atom stereocenters. The minimum Gasteiger partial charge on any atom is -0.465 e. The van der Waals surface area contributed by atoms with Crippen LogP contribution >= 0.6 is 0 Å². The second-order valence-electron chi connectivity index (χ2n) is 3.51. The Bertz CT molecular complexity index is 569. The molecule has 82 valence electrons. The van der Waals surface area contributed by atoms with E-state index in [2.05, 4.69) is 9.72 Å². The lowest BCUT2D eigenvalue weighted by molar-refractivity contribution is 0.0603. The van der Waals surface area contributed by atoms with E-state index in [1.54, 1.807) is 24.4 Å². The van der Waals surface area contributed by atoms with Gasteiger partial charge in [-0.15, -0.1) is 0 Å². The summed E-state index contributed by atoms with van der Waals surface area (Å²) < 4.78 is 4.65. The SMILES string of the molecule is COC(=O)c1c[nH]c2cc(C(C)=O)ccc12. The van der Waals surface area contributed by atoms with Crippen molar-refractivity contribution in [3.63, 3.8) is 0 Å². The fraction of sp³-hybridized carbons (Fsp3) is 0.167. The van der Waals surface area contributed by atoms with Gasteiger partial charge in [-0.05, 0) is 13.0 Å². The van der Waals surface area contributed by atoms with E-state index in [1.165, 1.54) is 14.0 Å². The largest absolute Gasteiger partial charge is 0.465 e. The van der Waals surface area contributed by atoms with E-state index in [1.807, 2.05) is 0 Å². The topological polar surface area (TPSA) is 59.2 Å². The second-order valence-corrected chi connectivity index (χ2v) is 3.51. The highest BCUT2D eigenvalue weighted by atomic mass is 16.5. The van der Waals surface area contributed by atoms with Gasteiger partial charge in [-0.3, -0.25) is 4.79 Å². The van der Waals surface area contributed by atoms with E-state index < -0.39 is 0 Å². The Labute approximate surface area is 92.2 Å². The molecule has 1 N–H and O–H groups in total. The Kier molecular flexibility index (Phi) is 2.48. The normalized spacial score (nSPS) is 10.4. The van der Waals surface area contributed by atoms with E-state index in [4.69, 9.17) is 0 Å². The molecule has 0 fully saturated rings. The number of methoxy groups -OCH3 is 1. The summed E-state index contributed by atoms with van der Waals surface area (Å²) in [6.45, 7) is 1.51. The highest BCUT2D eigenvalue weighted by Crippen LogP contribution is 2.20. The number of benzene rings is 1. The van der Waals surface area contributed by atoms with E-state index in [0.717, 1.165) is 10.9 Å². The summed E-state index contributed by atoms with van der Waals surface area (Å²) in [5.41, 5.74) is 1.85. The number of carbonyl (C=O) groups excluding carboxylic acids is 2. The minimum absolute atomic E-state index is 0.00359. The number of aromatic nitrogens is 1. The molecular formula is C12H11NO3. The quantitative estimate of drug-likeness (QED) is 0.619. The maximum Gasteiger partial charge on any atom is 0.340 e. The van der Waals surface area contributed by atoms with Crippen LogP contribution in [0.25, 0.3) is 10.9 Å². The lowest BCUT2D eigenvalue weighted by Gasteiger charge is -1.98. The van der Waals surface area contributed by atoms with Crippen molar-refractivity contribution in [3.8, 4) is 0 Å². The van der Waals surface area contributed by atoms with Gasteiger partial charge in [0.25, 0.3) is 0 Å². The standard InChI is InChI=1S/C12H11NO3/c1-7(14)8-3-4-9-10(12(15)16-2)6-13-11(9)5-8/h3-6,13H,1-2H3. The molecule has 0 saturated heterocycles. The molecule has 0 aliphatic rings.